The second-order valence-corrected chi connectivity index (χ2v) is 13.3. The summed E-state index contributed by atoms with van der Waals surface area (Å²) in [4.78, 5) is 13.3. The molecule has 0 aliphatic heterocycles. The van der Waals surface area contributed by atoms with E-state index < -0.39 is 63.2 Å². The van der Waals surface area contributed by atoms with Gasteiger partial charge in [-0.1, -0.05) is 13.8 Å². The molecule has 3 saturated carbocycles. The fraction of sp³-hybridized carbons (Fsp3) is 0.889. The summed E-state index contributed by atoms with van der Waals surface area (Å²) in [6.45, 7) is 8.58. The first kappa shape index (κ1) is 27.2. The van der Waals surface area contributed by atoms with E-state index in [4.69, 9.17) is 0 Å². The Morgan fingerprint density at radius 1 is 0.971 bits per heavy atom. The number of carbonyl (C=O) groups is 1. The first-order valence-corrected chi connectivity index (χ1v) is 13.0. The third-order valence-electron chi connectivity index (χ3n) is 10.7. The van der Waals surface area contributed by atoms with E-state index >= 15 is 0 Å². The predicted molar refractivity (Wildman–Crippen MR) is 128 cm³/mol. The molecule has 7 N–H and O–H groups in total. The molecule has 0 spiro atoms. The van der Waals surface area contributed by atoms with Crippen LogP contribution in [0.3, 0.4) is 0 Å². The highest BCUT2D eigenvalue weighted by atomic mass is 16.3. The summed E-state index contributed by atoms with van der Waals surface area (Å²) in [5.41, 5.74) is -7.07. The molecule has 4 rings (SSSR count). The first-order valence-electron chi connectivity index (χ1n) is 13.0. The van der Waals surface area contributed by atoms with E-state index in [1.165, 1.54) is 6.08 Å². The highest BCUT2D eigenvalue weighted by Crippen LogP contribution is 2.69. The lowest BCUT2D eigenvalue weighted by Gasteiger charge is -2.62. The molecule has 0 radical (unpaired) electrons. The molecule has 200 valence electrons. The van der Waals surface area contributed by atoms with Gasteiger partial charge in [0.15, 0.2) is 5.78 Å². The lowest BCUT2D eigenvalue weighted by Crippen LogP contribution is -2.69. The smallest absolute Gasteiger partial charge is 0.187 e. The molecule has 0 aromatic heterocycles. The Labute approximate surface area is 207 Å². The van der Waals surface area contributed by atoms with Crippen LogP contribution in [0.5, 0.6) is 0 Å². The molecule has 35 heavy (non-hydrogen) atoms. The zero-order chi connectivity index (χ0) is 26.4. The van der Waals surface area contributed by atoms with Crippen LogP contribution in [0.2, 0.25) is 0 Å². The predicted octanol–water partition coefficient (Wildman–Crippen LogP) is 0.969. The van der Waals surface area contributed by atoms with Crippen molar-refractivity contribution in [3.63, 3.8) is 0 Å². The molecule has 0 heterocycles. The van der Waals surface area contributed by atoms with Crippen molar-refractivity contribution in [2.45, 2.75) is 127 Å². The molecule has 4 aliphatic carbocycles. The molecule has 10 atom stereocenters. The third-order valence-corrected chi connectivity index (χ3v) is 10.7. The van der Waals surface area contributed by atoms with Gasteiger partial charge in [0, 0.05) is 17.3 Å². The number of hydrogen-bond acceptors (Lipinski definition) is 8. The summed E-state index contributed by atoms with van der Waals surface area (Å²) in [5.74, 6) is -1.38. The monoisotopic (exact) mass is 496 g/mol. The molecule has 0 bridgehead atoms. The SMILES string of the molecule is CC(C)(O)CC[C@@H](O)[C@](C)(O)[C@@H]1CC[C@@]2(O)C3=CC(=O)[C@]4(O)C[C@H](O)[C@H](O)C[C@]4(C)[C@@H]3CC[C@]12C. The topological polar surface area (TPSA) is 159 Å². The van der Waals surface area contributed by atoms with Gasteiger partial charge in [0.25, 0.3) is 0 Å². The van der Waals surface area contributed by atoms with Gasteiger partial charge in [-0.25, -0.2) is 0 Å². The number of aliphatic hydroxyl groups excluding tert-OH is 3. The van der Waals surface area contributed by atoms with Crippen molar-refractivity contribution in [1.82, 2.24) is 0 Å². The Hall–Kier alpha value is -0.870. The fourth-order valence-electron chi connectivity index (χ4n) is 8.31. The Kier molecular flexibility index (Phi) is 6.26. The van der Waals surface area contributed by atoms with Crippen molar-refractivity contribution in [3.05, 3.63) is 11.6 Å². The van der Waals surface area contributed by atoms with Crippen LogP contribution in [0.1, 0.15) is 86.0 Å². The Bertz CT molecular complexity index is 907. The molecular formula is C27H44O8. The van der Waals surface area contributed by atoms with Crippen LogP contribution in [-0.4, -0.2) is 82.2 Å². The number of carbonyl (C=O) groups excluding carboxylic acids is 1. The molecule has 0 saturated heterocycles. The van der Waals surface area contributed by atoms with Crippen LogP contribution in [0, 0.1) is 22.7 Å². The van der Waals surface area contributed by atoms with Crippen LogP contribution in [0.25, 0.3) is 0 Å². The number of fused-ring (bicyclic) bond motifs is 5. The fourth-order valence-corrected chi connectivity index (χ4v) is 8.31. The molecular weight excluding hydrogens is 452 g/mol. The molecule has 0 aromatic rings. The van der Waals surface area contributed by atoms with Gasteiger partial charge in [-0.05, 0) is 89.2 Å². The lowest BCUT2D eigenvalue weighted by molar-refractivity contribution is -0.211. The van der Waals surface area contributed by atoms with Crippen LogP contribution in [0.15, 0.2) is 11.6 Å². The lowest BCUT2D eigenvalue weighted by atomic mass is 9.44. The molecule has 8 heteroatoms. The number of hydrogen-bond donors (Lipinski definition) is 7. The van der Waals surface area contributed by atoms with E-state index in [1.807, 2.05) is 6.92 Å². The Morgan fingerprint density at radius 2 is 1.57 bits per heavy atom. The van der Waals surface area contributed by atoms with Gasteiger partial charge < -0.3 is 35.7 Å². The zero-order valence-corrected chi connectivity index (χ0v) is 21.7. The van der Waals surface area contributed by atoms with Gasteiger partial charge in [-0.2, -0.15) is 0 Å². The summed E-state index contributed by atoms with van der Waals surface area (Å²) in [6.07, 6.45) is 0.0884. The minimum atomic E-state index is -1.82. The van der Waals surface area contributed by atoms with Crippen LogP contribution < -0.4 is 0 Å². The van der Waals surface area contributed by atoms with Crippen molar-refractivity contribution in [3.8, 4) is 0 Å². The summed E-state index contributed by atoms with van der Waals surface area (Å²) < 4.78 is 0. The van der Waals surface area contributed by atoms with Gasteiger partial charge in [0.05, 0.1) is 35.1 Å². The number of aliphatic hydroxyl groups is 7. The molecule has 0 aromatic carbocycles. The van der Waals surface area contributed by atoms with Crippen LogP contribution in [0.4, 0.5) is 0 Å². The quantitative estimate of drug-likeness (QED) is 0.297. The molecule has 4 aliphatic rings. The maximum atomic E-state index is 13.3. The second kappa shape index (κ2) is 8.06. The van der Waals surface area contributed by atoms with E-state index in [0.717, 1.165) is 0 Å². The standard InChI is InChI=1S/C27H44O8/c1-22(2,32)9-8-20(30)25(5,33)19-7-11-26(34)16-12-21(31)27(35)14-18(29)17(28)13-24(27,4)15(16)6-10-23(19,26)3/h12,15,17-20,28-30,32-35H,6-11,13-14H2,1-5H3/t15-,17-,18+,19-,20-,23-,24-,25-,26-,27-/m1/s1. The normalized spacial score (nSPS) is 48.3. The summed E-state index contributed by atoms with van der Waals surface area (Å²) in [6, 6.07) is 0. The van der Waals surface area contributed by atoms with Gasteiger partial charge in [-0.3, -0.25) is 4.79 Å². The maximum Gasteiger partial charge on any atom is 0.187 e. The van der Waals surface area contributed by atoms with E-state index in [1.54, 1.807) is 27.7 Å². The van der Waals surface area contributed by atoms with Gasteiger partial charge >= 0.3 is 0 Å². The Balaban J connectivity index is 1.70. The molecule has 0 unspecified atom stereocenters. The minimum Gasteiger partial charge on any atom is -0.390 e. The highest BCUT2D eigenvalue weighted by Gasteiger charge is 2.71. The van der Waals surface area contributed by atoms with Crippen LogP contribution in [-0.2, 0) is 4.79 Å². The van der Waals surface area contributed by atoms with Gasteiger partial charge in [0.2, 0.25) is 0 Å². The first-order chi connectivity index (χ1) is 15.8. The van der Waals surface area contributed by atoms with Crippen molar-refractivity contribution in [1.29, 1.82) is 0 Å². The zero-order valence-electron chi connectivity index (χ0n) is 21.7. The van der Waals surface area contributed by atoms with Crippen molar-refractivity contribution < 1.29 is 40.5 Å². The van der Waals surface area contributed by atoms with E-state index in [0.29, 0.717) is 37.7 Å². The molecule has 8 nitrogen and oxygen atoms in total. The number of rotatable bonds is 5. The van der Waals surface area contributed by atoms with E-state index in [9.17, 15) is 40.5 Å². The molecule has 3 fully saturated rings. The third kappa shape index (κ3) is 3.70. The van der Waals surface area contributed by atoms with Crippen LogP contribution >= 0.6 is 0 Å². The second-order valence-electron chi connectivity index (χ2n) is 13.3. The van der Waals surface area contributed by atoms with Crippen molar-refractivity contribution >= 4 is 5.78 Å². The summed E-state index contributed by atoms with van der Waals surface area (Å²) >= 11 is 0. The highest BCUT2D eigenvalue weighted by molar-refractivity contribution is 6.00. The molecule has 0 amide bonds. The van der Waals surface area contributed by atoms with E-state index in [2.05, 4.69) is 0 Å². The minimum absolute atomic E-state index is 0.0437. The average Bonchev–Trinajstić information content (AvgIpc) is 3.01. The van der Waals surface area contributed by atoms with Crippen molar-refractivity contribution in [2.75, 3.05) is 0 Å². The van der Waals surface area contributed by atoms with Gasteiger partial charge in [0.1, 0.15) is 5.60 Å². The largest absolute Gasteiger partial charge is 0.390 e. The van der Waals surface area contributed by atoms with Crippen molar-refractivity contribution in [2.24, 2.45) is 22.7 Å². The maximum absolute atomic E-state index is 13.3. The van der Waals surface area contributed by atoms with E-state index in [-0.39, 0.29) is 25.2 Å². The van der Waals surface area contributed by atoms with Gasteiger partial charge in [-0.15, -0.1) is 0 Å². The Morgan fingerprint density at radius 3 is 2.17 bits per heavy atom. The average molecular weight is 497 g/mol. The number of ketones is 1. The summed E-state index contributed by atoms with van der Waals surface area (Å²) in [5, 5.41) is 77.0. The summed E-state index contributed by atoms with van der Waals surface area (Å²) in [7, 11) is 0.